The van der Waals surface area contributed by atoms with Crippen molar-refractivity contribution in [3.8, 4) is 0 Å². The highest BCUT2D eigenvalue weighted by molar-refractivity contribution is 5.97. The summed E-state index contributed by atoms with van der Waals surface area (Å²) in [6.07, 6.45) is 6.53. The SMILES string of the molecule is CCCCOC(=O)c1ccc(NC(=O)C2CC(=O)N(C3CCCC3)C2)cc1. The van der Waals surface area contributed by atoms with E-state index in [1.807, 2.05) is 11.8 Å². The number of benzene rings is 1. The van der Waals surface area contributed by atoms with Crippen LogP contribution in [-0.4, -0.2) is 41.9 Å². The number of nitrogens with one attached hydrogen (secondary N) is 1. The Morgan fingerprint density at radius 3 is 2.56 bits per heavy atom. The number of esters is 1. The highest BCUT2D eigenvalue weighted by Crippen LogP contribution is 2.30. The summed E-state index contributed by atoms with van der Waals surface area (Å²) in [7, 11) is 0. The van der Waals surface area contributed by atoms with Crippen LogP contribution in [0.4, 0.5) is 5.69 Å². The van der Waals surface area contributed by atoms with Crippen LogP contribution in [-0.2, 0) is 14.3 Å². The Bertz CT molecular complexity index is 680. The Hall–Kier alpha value is -2.37. The summed E-state index contributed by atoms with van der Waals surface area (Å²) in [5.74, 6) is -0.707. The van der Waals surface area contributed by atoms with E-state index < -0.39 is 0 Å². The first kappa shape index (κ1) is 19.4. The summed E-state index contributed by atoms with van der Waals surface area (Å²) in [5.41, 5.74) is 1.09. The van der Waals surface area contributed by atoms with E-state index >= 15 is 0 Å². The van der Waals surface area contributed by atoms with Crippen molar-refractivity contribution < 1.29 is 19.1 Å². The minimum absolute atomic E-state index is 0.0900. The highest BCUT2D eigenvalue weighted by atomic mass is 16.5. The van der Waals surface area contributed by atoms with Crippen molar-refractivity contribution in [2.75, 3.05) is 18.5 Å². The van der Waals surface area contributed by atoms with Gasteiger partial charge in [0.1, 0.15) is 0 Å². The van der Waals surface area contributed by atoms with Crippen molar-refractivity contribution in [2.45, 2.75) is 57.9 Å². The molecular formula is C21H28N2O4. The molecule has 3 rings (SSSR count). The zero-order valence-electron chi connectivity index (χ0n) is 15.9. The van der Waals surface area contributed by atoms with Gasteiger partial charge in [0.15, 0.2) is 0 Å². The van der Waals surface area contributed by atoms with Gasteiger partial charge in [-0.1, -0.05) is 26.2 Å². The van der Waals surface area contributed by atoms with E-state index in [9.17, 15) is 14.4 Å². The normalized spacial score (nSPS) is 20.1. The van der Waals surface area contributed by atoms with E-state index in [0.717, 1.165) is 25.7 Å². The second kappa shape index (κ2) is 9.02. The Morgan fingerprint density at radius 1 is 1.19 bits per heavy atom. The molecule has 6 heteroatoms. The Balaban J connectivity index is 1.52. The van der Waals surface area contributed by atoms with Gasteiger partial charge in [-0.05, 0) is 43.5 Å². The van der Waals surface area contributed by atoms with Crippen molar-refractivity contribution in [2.24, 2.45) is 5.92 Å². The zero-order chi connectivity index (χ0) is 19.2. The second-order valence-electron chi connectivity index (χ2n) is 7.44. The van der Waals surface area contributed by atoms with Crippen molar-refractivity contribution in [1.29, 1.82) is 0 Å². The van der Waals surface area contributed by atoms with Gasteiger partial charge in [0, 0.05) is 24.7 Å². The Labute approximate surface area is 160 Å². The molecule has 1 unspecified atom stereocenters. The number of carbonyl (C=O) groups is 3. The molecule has 1 aliphatic heterocycles. The number of carbonyl (C=O) groups excluding carboxylic acids is 3. The number of nitrogens with zero attached hydrogens (tertiary/aromatic N) is 1. The topological polar surface area (TPSA) is 75.7 Å². The lowest BCUT2D eigenvalue weighted by atomic mass is 10.1. The third-order valence-corrected chi connectivity index (χ3v) is 5.41. The van der Waals surface area contributed by atoms with Crippen LogP contribution in [0.1, 0.15) is 62.2 Å². The van der Waals surface area contributed by atoms with Gasteiger partial charge in [-0.2, -0.15) is 0 Å². The Morgan fingerprint density at radius 2 is 1.89 bits per heavy atom. The molecule has 1 aromatic rings. The van der Waals surface area contributed by atoms with Gasteiger partial charge in [0.2, 0.25) is 11.8 Å². The van der Waals surface area contributed by atoms with E-state index in [1.165, 1.54) is 12.8 Å². The molecule has 1 aromatic carbocycles. The molecule has 0 bridgehead atoms. The molecule has 0 radical (unpaired) electrons. The number of likely N-dealkylation sites (tertiary alicyclic amines) is 1. The predicted octanol–water partition coefficient (Wildman–Crippen LogP) is 3.37. The number of ether oxygens (including phenoxy) is 1. The lowest BCUT2D eigenvalue weighted by Gasteiger charge is -2.23. The monoisotopic (exact) mass is 372 g/mol. The molecule has 1 saturated carbocycles. The van der Waals surface area contributed by atoms with E-state index in [2.05, 4.69) is 5.32 Å². The van der Waals surface area contributed by atoms with E-state index in [4.69, 9.17) is 4.74 Å². The summed E-state index contributed by atoms with van der Waals surface area (Å²) >= 11 is 0. The summed E-state index contributed by atoms with van der Waals surface area (Å²) in [6.45, 7) is 2.97. The molecule has 0 spiro atoms. The maximum absolute atomic E-state index is 12.5. The summed E-state index contributed by atoms with van der Waals surface area (Å²) in [6, 6.07) is 7.00. The molecule has 1 N–H and O–H groups in total. The van der Waals surface area contributed by atoms with Gasteiger partial charge >= 0.3 is 5.97 Å². The zero-order valence-corrected chi connectivity index (χ0v) is 15.9. The van der Waals surface area contributed by atoms with Gasteiger partial charge < -0.3 is 15.0 Å². The number of anilines is 1. The summed E-state index contributed by atoms with van der Waals surface area (Å²) in [5, 5.41) is 2.86. The fourth-order valence-electron chi connectivity index (χ4n) is 3.80. The highest BCUT2D eigenvalue weighted by Gasteiger charge is 2.38. The molecular weight excluding hydrogens is 344 g/mol. The van der Waals surface area contributed by atoms with Crippen LogP contribution in [0, 0.1) is 5.92 Å². The van der Waals surface area contributed by atoms with Crippen LogP contribution >= 0.6 is 0 Å². The first-order valence-corrected chi connectivity index (χ1v) is 9.96. The number of hydrogen-bond donors (Lipinski definition) is 1. The quantitative estimate of drug-likeness (QED) is 0.588. The standard InChI is InChI=1S/C21H28N2O4/c1-2-3-12-27-21(26)15-8-10-17(11-9-15)22-20(25)16-13-19(24)23(14-16)18-6-4-5-7-18/h8-11,16,18H,2-7,12-14H2,1H3,(H,22,25). The van der Waals surface area contributed by atoms with Gasteiger partial charge in [-0.25, -0.2) is 4.79 Å². The number of unbranched alkanes of at least 4 members (excludes halogenated alkanes) is 1. The first-order chi connectivity index (χ1) is 13.1. The third kappa shape index (κ3) is 4.87. The largest absolute Gasteiger partial charge is 0.462 e. The van der Waals surface area contributed by atoms with Crippen molar-refractivity contribution >= 4 is 23.5 Å². The van der Waals surface area contributed by atoms with Gasteiger partial charge in [0.25, 0.3) is 0 Å². The first-order valence-electron chi connectivity index (χ1n) is 9.96. The molecule has 146 valence electrons. The number of rotatable bonds is 7. The van der Waals surface area contributed by atoms with Crippen LogP contribution in [0.25, 0.3) is 0 Å². The lowest BCUT2D eigenvalue weighted by molar-refractivity contribution is -0.129. The van der Waals surface area contributed by atoms with Crippen molar-refractivity contribution in [3.63, 3.8) is 0 Å². The van der Waals surface area contributed by atoms with Crippen molar-refractivity contribution in [1.82, 2.24) is 4.90 Å². The fourth-order valence-corrected chi connectivity index (χ4v) is 3.80. The number of amides is 2. The lowest BCUT2D eigenvalue weighted by Crippen LogP contribution is -2.35. The van der Waals surface area contributed by atoms with E-state index in [1.54, 1.807) is 24.3 Å². The van der Waals surface area contributed by atoms with Crippen molar-refractivity contribution in [3.05, 3.63) is 29.8 Å². The molecule has 2 fully saturated rings. The molecule has 6 nitrogen and oxygen atoms in total. The average Bonchev–Trinajstić information content (AvgIpc) is 3.32. The van der Waals surface area contributed by atoms with Crippen LogP contribution in [0.3, 0.4) is 0 Å². The smallest absolute Gasteiger partial charge is 0.338 e. The molecule has 1 heterocycles. The molecule has 1 saturated heterocycles. The predicted molar refractivity (Wildman–Crippen MR) is 102 cm³/mol. The molecule has 27 heavy (non-hydrogen) atoms. The van der Waals surface area contributed by atoms with Gasteiger partial charge in [0.05, 0.1) is 18.1 Å². The molecule has 2 aliphatic rings. The molecule has 2 amide bonds. The van der Waals surface area contributed by atoms with Gasteiger partial charge in [-0.3, -0.25) is 9.59 Å². The Kier molecular flexibility index (Phi) is 6.48. The maximum Gasteiger partial charge on any atom is 0.338 e. The minimum atomic E-state index is -0.352. The molecule has 1 atom stereocenters. The van der Waals surface area contributed by atoms with Crippen LogP contribution in [0.5, 0.6) is 0 Å². The number of hydrogen-bond acceptors (Lipinski definition) is 4. The summed E-state index contributed by atoms with van der Waals surface area (Å²) in [4.78, 5) is 38.6. The fraction of sp³-hybridized carbons (Fsp3) is 0.571. The maximum atomic E-state index is 12.5. The van der Waals surface area contributed by atoms with E-state index in [0.29, 0.717) is 30.4 Å². The van der Waals surface area contributed by atoms with E-state index in [-0.39, 0.29) is 30.1 Å². The van der Waals surface area contributed by atoms with Crippen LogP contribution < -0.4 is 5.32 Å². The van der Waals surface area contributed by atoms with Gasteiger partial charge in [-0.15, -0.1) is 0 Å². The average molecular weight is 372 g/mol. The third-order valence-electron chi connectivity index (χ3n) is 5.41. The molecule has 0 aromatic heterocycles. The second-order valence-corrected chi connectivity index (χ2v) is 7.44. The van der Waals surface area contributed by atoms with Crippen LogP contribution in [0.2, 0.25) is 0 Å². The minimum Gasteiger partial charge on any atom is -0.462 e. The summed E-state index contributed by atoms with van der Waals surface area (Å²) < 4.78 is 5.17. The molecule has 1 aliphatic carbocycles. The van der Waals surface area contributed by atoms with Crippen LogP contribution in [0.15, 0.2) is 24.3 Å².